The fraction of sp³-hybridized carbons (Fsp3) is 0.0870. The van der Waals surface area contributed by atoms with E-state index in [-0.39, 0.29) is 5.91 Å². The number of rotatable bonds is 7. The van der Waals surface area contributed by atoms with Gasteiger partial charge in [-0.15, -0.1) is 0 Å². The van der Waals surface area contributed by atoms with Crippen molar-refractivity contribution in [3.63, 3.8) is 0 Å². The Bertz CT molecular complexity index is 1130. The van der Waals surface area contributed by atoms with E-state index < -0.39 is 0 Å². The number of nitrogens with zero attached hydrogens (tertiary/aromatic N) is 3. The molecule has 7 heteroatoms. The van der Waals surface area contributed by atoms with Crippen LogP contribution in [0.5, 0.6) is 5.75 Å². The van der Waals surface area contributed by atoms with E-state index in [1.54, 1.807) is 30.6 Å². The minimum absolute atomic E-state index is 0.278. The SMILES string of the molecule is O=C(Nc1ccc(Cn2cccn2)cc1)c1cc(COc2cccc(Cl)c2)ccn1. The molecule has 0 unspecified atom stereocenters. The maximum atomic E-state index is 12.6. The minimum Gasteiger partial charge on any atom is -0.489 e. The highest BCUT2D eigenvalue weighted by Crippen LogP contribution is 2.19. The van der Waals surface area contributed by atoms with E-state index in [1.165, 1.54) is 0 Å². The van der Waals surface area contributed by atoms with Crippen molar-refractivity contribution in [1.29, 1.82) is 0 Å². The zero-order valence-corrected chi connectivity index (χ0v) is 16.8. The number of halogens is 1. The zero-order chi connectivity index (χ0) is 20.8. The summed E-state index contributed by atoms with van der Waals surface area (Å²) in [5.74, 6) is 0.389. The van der Waals surface area contributed by atoms with Gasteiger partial charge in [0, 0.05) is 29.3 Å². The lowest BCUT2D eigenvalue weighted by atomic mass is 10.2. The molecule has 6 nitrogen and oxygen atoms in total. The third-order valence-corrected chi connectivity index (χ3v) is 4.61. The lowest BCUT2D eigenvalue weighted by Gasteiger charge is -2.09. The van der Waals surface area contributed by atoms with Gasteiger partial charge in [0.2, 0.25) is 0 Å². The average molecular weight is 419 g/mol. The molecule has 1 amide bonds. The molecule has 0 fully saturated rings. The minimum atomic E-state index is -0.278. The van der Waals surface area contributed by atoms with E-state index in [2.05, 4.69) is 15.4 Å². The van der Waals surface area contributed by atoms with E-state index >= 15 is 0 Å². The second-order valence-electron chi connectivity index (χ2n) is 6.65. The van der Waals surface area contributed by atoms with E-state index in [9.17, 15) is 4.79 Å². The number of benzene rings is 2. The molecule has 4 aromatic rings. The highest BCUT2D eigenvalue weighted by atomic mass is 35.5. The molecule has 2 heterocycles. The Hall–Kier alpha value is -3.64. The van der Waals surface area contributed by atoms with Crippen molar-refractivity contribution in [3.05, 3.63) is 107 Å². The number of amides is 1. The summed E-state index contributed by atoms with van der Waals surface area (Å²) in [4.78, 5) is 16.8. The monoisotopic (exact) mass is 418 g/mol. The first-order valence-corrected chi connectivity index (χ1v) is 9.74. The van der Waals surface area contributed by atoms with E-state index in [0.29, 0.717) is 35.3 Å². The molecule has 0 aliphatic carbocycles. The van der Waals surface area contributed by atoms with Crippen LogP contribution in [0.15, 0.2) is 85.3 Å². The van der Waals surface area contributed by atoms with Gasteiger partial charge >= 0.3 is 0 Å². The Labute approximate surface area is 179 Å². The van der Waals surface area contributed by atoms with Crippen molar-refractivity contribution in [1.82, 2.24) is 14.8 Å². The number of carbonyl (C=O) groups excluding carboxylic acids is 1. The number of hydrogen-bond donors (Lipinski definition) is 1. The predicted molar refractivity (Wildman–Crippen MR) is 116 cm³/mol. The van der Waals surface area contributed by atoms with Gasteiger partial charge in [0.1, 0.15) is 18.1 Å². The smallest absolute Gasteiger partial charge is 0.274 e. The molecule has 0 aliphatic heterocycles. The van der Waals surface area contributed by atoms with Gasteiger partial charge in [-0.1, -0.05) is 29.8 Å². The molecule has 2 aromatic carbocycles. The van der Waals surface area contributed by atoms with Crippen LogP contribution in [0.3, 0.4) is 0 Å². The van der Waals surface area contributed by atoms with Crippen molar-refractivity contribution < 1.29 is 9.53 Å². The van der Waals surface area contributed by atoms with E-state index in [0.717, 1.165) is 11.1 Å². The summed E-state index contributed by atoms with van der Waals surface area (Å²) in [5, 5.41) is 7.67. The summed E-state index contributed by atoms with van der Waals surface area (Å²) in [6.45, 7) is 0.989. The molecule has 0 aliphatic rings. The molecule has 0 atom stereocenters. The van der Waals surface area contributed by atoms with Crippen LogP contribution in [-0.2, 0) is 13.2 Å². The van der Waals surface area contributed by atoms with Crippen LogP contribution in [0.4, 0.5) is 5.69 Å². The first-order valence-electron chi connectivity index (χ1n) is 9.37. The standard InChI is InChI=1S/C23H19ClN4O2/c24-19-3-1-4-21(14-19)30-16-18-9-11-25-22(13-18)23(29)27-20-7-5-17(6-8-20)15-28-12-2-10-26-28/h1-14H,15-16H2,(H,27,29). The van der Waals surface area contributed by atoms with Crippen molar-refractivity contribution in [2.45, 2.75) is 13.2 Å². The molecule has 2 aromatic heterocycles. The first kappa shape index (κ1) is 19.7. The summed E-state index contributed by atoms with van der Waals surface area (Å²) in [5.41, 5.74) is 2.95. The van der Waals surface area contributed by atoms with Crippen LogP contribution in [0.1, 0.15) is 21.6 Å². The van der Waals surface area contributed by atoms with E-state index in [1.807, 2.05) is 59.4 Å². The molecule has 30 heavy (non-hydrogen) atoms. The average Bonchev–Trinajstić information content (AvgIpc) is 3.27. The molecular weight excluding hydrogens is 400 g/mol. The van der Waals surface area contributed by atoms with Crippen LogP contribution in [-0.4, -0.2) is 20.7 Å². The summed E-state index contributed by atoms with van der Waals surface area (Å²) in [6, 6.07) is 20.2. The lowest BCUT2D eigenvalue weighted by molar-refractivity contribution is 0.102. The number of anilines is 1. The number of pyridine rings is 1. The molecule has 0 saturated carbocycles. The number of hydrogen-bond acceptors (Lipinski definition) is 4. The van der Waals surface area contributed by atoms with Gasteiger partial charge in [-0.3, -0.25) is 14.5 Å². The second-order valence-corrected chi connectivity index (χ2v) is 7.09. The molecule has 0 saturated heterocycles. The van der Waals surface area contributed by atoms with Crippen LogP contribution >= 0.6 is 11.6 Å². The topological polar surface area (TPSA) is 69.0 Å². The van der Waals surface area contributed by atoms with Gasteiger partial charge in [0.05, 0.1) is 6.54 Å². The van der Waals surface area contributed by atoms with Crippen LogP contribution in [0, 0.1) is 0 Å². The number of aromatic nitrogens is 3. The third-order valence-electron chi connectivity index (χ3n) is 4.37. The fourth-order valence-corrected chi connectivity index (χ4v) is 3.06. The fourth-order valence-electron chi connectivity index (χ4n) is 2.88. The van der Waals surface area contributed by atoms with Crippen molar-refractivity contribution in [3.8, 4) is 5.75 Å². The highest BCUT2D eigenvalue weighted by Gasteiger charge is 2.09. The van der Waals surface area contributed by atoms with Gasteiger partial charge in [-0.25, -0.2) is 0 Å². The Kier molecular flexibility index (Phi) is 6.06. The summed E-state index contributed by atoms with van der Waals surface area (Å²) >= 11 is 5.97. The van der Waals surface area contributed by atoms with Gasteiger partial charge in [-0.05, 0) is 59.7 Å². The maximum absolute atomic E-state index is 12.6. The van der Waals surface area contributed by atoms with E-state index in [4.69, 9.17) is 16.3 Å². The zero-order valence-electron chi connectivity index (χ0n) is 16.0. The number of nitrogens with one attached hydrogen (secondary N) is 1. The Morgan fingerprint density at radius 2 is 1.87 bits per heavy atom. The molecule has 0 radical (unpaired) electrons. The summed E-state index contributed by atoms with van der Waals surface area (Å²) < 4.78 is 7.57. The maximum Gasteiger partial charge on any atom is 0.274 e. The number of carbonyl (C=O) groups is 1. The van der Waals surface area contributed by atoms with Gasteiger partial charge in [0.25, 0.3) is 5.91 Å². The Morgan fingerprint density at radius 3 is 2.63 bits per heavy atom. The normalized spacial score (nSPS) is 10.6. The van der Waals surface area contributed by atoms with Gasteiger partial charge in [-0.2, -0.15) is 5.10 Å². The molecular formula is C23H19ClN4O2. The Balaban J connectivity index is 1.36. The Morgan fingerprint density at radius 1 is 1.00 bits per heavy atom. The van der Waals surface area contributed by atoms with Crippen LogP contribution in [0.2, 0.25) is 5.02 Å². The first-order chi connectivity index (χ1) is 14.7. The molecule has 0 bridgehead atoms. The predicted octanol–water partition coefficient (Wildman–Crippen LogP) is 4.81. The van der Waals surface area contributed by atoms with Crippen molar-refractivity contribution >= 4 is 23.2 Å². The van der Waals surface area contributed by atoms with Crippen LogP contribution in [0.25, 0.3) is 0 Å². The lowest BCUT2D eigenvalue weighted by Crippen LogP contribution is -2.14. The largest absolute Gasteiger partial charge is 0.489 e. The summed E-state index contributed by atoms with van der Waals surface area (Å²) in [7, 11) is 0. The molecule has 0 spiro atoms. The summed E-state index contributed by atoms with van der Waals surface area (Å²) in [6.07, 6.45) is 5.25. The highest BCUT2D eigenvalue weighted by molar-refractivity contribution is 6.30. The molecule has 150 valence electrons. The van der Waals surface area contributed by atoms with Gasteiger partial charge < -0.3 is 10.1 Å². The van der Waals surface area contributed by atoms with Gasteiger partial charge in [0.15, 0.2) is 0 Å². The molecule has 1 N–H and O–H groups in total. The van der Waals surface area contributed by atoms with Crippen molar-refractivity contribution in [2.75, 3.05) is 5.32 Å². The second kappa shape index (κ2) is 9.24. The van der Waals surface area contributed by atoms with Crippen molar-refractivity contribution in [2.24, 2.45) is 0 Å². The third kappa shape index (κ3) is 5.24. The number of ether oxygens (including phenoxy) is 1. The van der Waals surface area contributed by atoms with Crippen LogP contribution < -0.4 is 10.1 Å². The molecule has 4 rings (SSSR count). The quantitative estimate of drug-likeness (QED) is 0.467.